The minimum atomic E-state index is 0.194. The van der Waals surface area contributed by atoms with Crippen molar-refractivity contribution < 1.29 is 9.59 Å². The van der Waals surface area contributed by atoms with Crippen molar-refractivity contribution in [3.8, 4) is 0 Å². The molecular weight excluding hydrogens is 156 g/mol. The molecule has 4 heteroatoms. The standard InChI is InChI=1S/C6H16N2.C2H2O2/c1-7(2)5-6-8(3)4;3-1-2-4/h5-6H2,1-4H3;1-2H. The number of rotatable bonds is 4. The van der Waals surface area contributed by atoms with Crippen molar-refractivity contribution in [1.82, 2.24) is 9.80 Å². The molecule has 0 aliphatic carbocycles. The van der Waals surface area contributed by atoms with Gasteiger partial charge in [-0.25, -0.2) is 0 Å². The molecule has 0 spiro atoms. The molecule has 0 aromatic heterocycles. The SMILES string of the molecule is CN(C)CCN(C)C.O=CC=O. The number of carbonyl (C=O) groups excluding carboxylic acids is 2. The summed E-state index contributed by atoms with van der Waals surface area (Å²) in [6, 6.07) is 0. The quantitative estimate of drug-likeness (QED) is 0.425. The molecule has 0 bridgehead atoms. The van der Waals surface area contributed by atoms with Crippen LogP contribution in [0.3, 0.4) is 0 Å². The Bertz CT molecular complexity index is 99.6. The molecule has 0 aliphatic heterocycles. The lowest BCUT2D eigenvalue weighted by Crippen LogP contribution is -2.25. The first kappa shape index (κ1) is 13.8. The van der Waals surface area contributed by atoms with Crippen molar-refractivity contribution in [2.45, 2.75) is 0 Å². The first-order chi connectivity index (χ1) is 5.54. The van der Waals surface area contributed by atoms with Gasteiger partial charge in [-0.3, -0.25) is 9.59 Å². The van der Waals surface area contributed by atoms with Gasteiger partial charge in [0.15, 0.2) is 12.6 Å². The fourth-order valence-electron chi connectivity index (χ4n) is 0.400. The zero-order chi connectivity index (χ0) is 9.98. The van der Waals surface area contributed by atoms with Gasteiger partial charge in [0, 0.05) is 13.1 Å². The van der Waals surface area contributed by atoms with Crippen LogP contribution in [0.15, 0.2) is 0 Å². The van der Waals surface area contributed by atoms with Crippen LogP contribution in [0.1, 0.15) is 0 Å². The Labute approximate surface area is 74.1 Å². The summed E-state index contributed by atoms with van der Waals surface area (Å²) in [7, 11) is 8.35. The van der Waals surface area contributed by atoms with Crippen molar-refractivity contribution in [2.75, 3.05) is 41.3 Å². The van der Waals surface area contributed by atoms with Gasteiger partial charge in [-0.05, 0) is 28.2 Å². The minimum absolute atomic E-state index is 0.194. The van der Waals surface area contributed by atoms with E-state index in [2.05, 4.69) is 38.0 Å². The summed E-state index contributed by atoms with van der Waals surface area (Å²) < 4.78 is 0. The largest absolute Gasteiger partial charge is 0.308 e. The minimum Gasteiger partial charge on any atom is -0.308 e. The van der Waals surface area contributed by atoms with E-state index in [1.165, 1.54) is 0 Å². The van der Waals surface area contributed by atoms with Crippen molar-refractivity contribution in [1.29, 1.82) is 0 Å². The first-order valence-corrected chi connectivity index (χ1v) is 3.73. The van der Waals surface area contributed by atoms with Crippen molar-refractivity contribution >= 4 is 12.6 Å². The summed E-state index contributed by atoms with van der Waals surface area (Å²) in [6.45, 7) is 2.29. The van der Waals surface area contributed by atoms with E-state index in [0.29, 0.717) is 0 Å². The van der Waals surface area contributed by atoms with Gasteiger partial charge in [-0.15, -0.1) is 0 Å². The van der Waals surface area contributed by atoms with Crippen molar-refractivity contribution in [2.24, 2.45) is 0 Å². The summed E-state index contributed by atoms with van der Waals surface area (Å²) in [5.74, 6) is 0. The van der Waals surface area contributed by atoms with Gasteiger partial charge in [0.25, 0.3) is 0 Å². The third-order valence-corrected chi connectivity index (χ3v) is 1.05. The third kappa shape index (κ3) is 22.8. The van der Waals surface area contributed by atoms with E-state index in [1.54, 1.807) is 0 Å². The van der Waals surface area contributed by atoms with Crippen LogP contribution in [-0.2, 0) is 9.59 Å². The molecule has 0 fully saturated rings. The topological polar surface area (TPSA) is 40.6 Å². The molecule has 0 unspecified atom stereocenters. The van der Waals surface area contributed by atoms with Gasteiger partial charge in [0.1, 0.15) is 0 Å². The van der Waals surface area contributed by atoms with Crippen LogP contribution >= 0.6 is 0 Å². The number of likely N-dealkylation sites (N-methyl/N-ethyl adjacent to an activating group) is 2. The van der Waals surface area contributed by atoms with Crippen LogP contribution < -0.4 is 0 Å². The van der Waals surface area contributed by atoms with Gasteiger partial charge in [0.2, 0.25) is 0 Å². The molecule has 4 nitrogen and oxygen atoms in total. The molecule has 0 heterocycles. The van der Waals surface area contributed by atoms with Crippen LogP contribution in [0, 0.1) is 0 Å². The van der Waals surface area contributed by atoms with Crippen LogP contribution in [0.25, 0.3) is 0 Å². The Morgan fingerprint density at radius 2 is 1.08 bits per heavy atom. The number of aldehydes is 2. The highest BCUT2D eigenvalue weighted by molar-refractivity contribution is 6.09. The molecule has 0 aliphatic rings. The average Bonchev–Trinajstić information content (AvgIpc) is 2.01. The predicted octanol–water partition coefficient (Wildman–Crippen LogP) is -0.506. The van der Waals surface area contributed by atoms with Crippen LogP contribution in [-0.4, -0.2) is 63.7 Å². The highest BCUT2D eigenvalue weighted by Crippen LogP contribution is 1.76. The van der Waals surface area contributed by atoms with Gasteiger partial charge in [0.05, 0.1) is 0 Å². The molecular formula is C8H18N2O2. The lowest BCUT2D eigenvalue weighted by Gasteiger charge is -2.13. The smallest absolute Gasteiger partial charge is 0.182 e. The van der Waals surface area contributed by atoms with E-state index < -0.39 is 0 Å². The lowest BCUT2D eigenvalue weighted by molar-refractivity contribution is -0.122. The van der Waals surface area contributed by atoms with Crippen LogP contribution in [0.2, 0.25) is 0 Å². The fraction of sp³-hybridized carbons (Fsp3) is 0.750. The Hall–Kier alpha value is -0.740. The number of carbonyl (C=O) groups is 2. The maximum atomic E-state index is 8.81. The second-order valence-corrected chi connectivity index (χ2v) is 2.88. The van der Waals surface area contributed by atoms with Gasteiger partial charge >= 0.3 is 0 Å². The lowest BCUT2D eigenvalue weighted by atomic mass is 10.5. The van der Waals surface area contributed by atoms with Gasteiger partial charge in [-0.1, -0.05) is 0 Å². The number of hydrogen-bond donors (Lipinski definition) is 0. The fourth-order valence-corrected chi connectivity index (χ4v) is 0.400. The van der Waals surface area contributed by atoms with Crippen molar-refractivity contribution in [3.63, 3.8) is 0 Å². The van der Waals surface area contributed by atoms with Gasteiger partial charge in [-0.2, -0.15) is 0 Å². The molecule has 72 valence electrons. The number of hydrogen-bond acceptors (Lipinski definition) is 4. The Morgan fingerprint density at radius 3 is 1.17 bits per heavy atom. The molecule has 0 aromatic carbocycles. The monoisotopic (exact) mass is 174 g/mol. The molecule has 0 saturated carbocycles. The zero-order valence-corrected chi connectivity index (χ0v) is 8.28. The third-order valence-electron chi connectivity index (χ3n) is 1.05. The molecule has 0 rings (SSSR count). The van der Waals surface area contributed by atoms with E-state index in [1.807, 2.05) is 0 Å². The maximum Gasteiger partial charge on any atom is 0.182 e. The van der Waals surface area contributed by atoms with E-state index in [-0.39, 0.29) is 12.6 Å². The summed E-state index contributed by atoms with van der Waals surface area (Å²) in [5.41, 5.74) is 0. The highest BCUT2D eigenvalue weighted by Gasteiger charge is 1.89. The van der Waals surface area contributed by atoms with Crippen LogP contribution in [0.5, 0.6) is 0 Å². The molecule has 0 amide bonds. The molecule has 0 atom stereocenters. The highest BCUT2D eigenvalue weighted by atomic mass is 16.2. The summed E-state index contributed by atoms with van der Waals surface area (Å²) in [5, 5.41) is 0. The van der Waals surface area contributed by atoms with E-state index in [4.69, 9.17) is 9.59 Å². The summed E-state index contributed by atoms with van der Waals surface area (Å²) in [4.78, 5) is 22.0. The number of nitrogens with zero attached hydrogens (tertiary/aromatic N) is 2. The summed E-state index contributed by atoms with van der Waals surface area (Å²) >= 11 is 0. The predicted molar refractivity (Wildman–Crippen MR) is 49.2 cm³/mol. The second kappa shape index (κ2) is 10.3. The Balaban J connectivity index is 0. The molecule has 0 radical (unpaired) electrons. The van der Waals surface area contributed by atoms with E-state index in [0.717, 1.165) is 13.1 Å². The van der Waals surface area contributed by atoms with Crippen molar-refractivity contribution in [3.05, 3.63) is 0 Å². The second-order valence-electron chi connectivity index (χ2n) is 2.88. The normalized spacial score (nSPS) is 9.17. The average molecular weight is 174 g/mol. The van der Waals surface area contributed by atoms with Gasteiger partial charge < -0.3 is 9.80 Å². The van der Waals surface area contributed by atoms with Crippen LogP contribution in [0.4, 0.5) is 0 Å². The molecule has 12 heavy (non-hydrogen) atoms. The Kier molecular flexibility index (Phi) is 11.8. The van der Waals surface area contributed by atoms with E-state index in [9.17, 15) is 0 Å². The maximum absolute atomic E-state index is 8.81. The molecule has 0 aromatic rings. The first-order valence-electron chi connectivity index (χ1n) is 3.73. The summed E-state index contributed by atoms with van der Waals surface area (Å²) in [6.07, 6.45) is 0.389. The zero-order valence-electron chi connectivity index (χ0n) is 8.28. The Morgan fingerprint density at radius 1 is 0.833 bits per heavy atom. The molecule has 0 N–H and O–H groups in total. The van der Waals surface area contributed by atoms with E-state index >= 15 is 0 Å². The molecule has 0 saturated heterocycles.